The van der Waals surface area contributed by atoms with Crippen molar-refractivity contribution in [1.82, 2.24) is 19.4 Å². The van der Waals surface area contributed by atoms with Crippen molar-refractivity contribution in [3.05, 3.63) is 65.7 Å². The summed E-state index contributed by atoms with van der Waals surface area (Å²) in [6.07, 6.45) is 1.03. The molecule has 7 nitrogen and oxygen atoms in total. The number of nitrogens with one attached hydrogen (secondary N) is 1. The Morgan fingerprint density at radius 1 is 1.12 bits per heavy atom. The molecule has 0 aliphatic carbocycles. The highest BCUT2D eigenvalue weighted by Crippen LogP contribution is 2.26. The largest absolute Gasteiger partial charge is 0.351 e. The van der Waals surface area contributed by atoms with Gasteiger partial charge in [0.2, 0.25) is 15.9 Å². The Labute approximate surface area is 198 Å². The third kappa shape index (κ3) is 6.20. The summed E-state index contributed by atoms with van der Waals surface area (Å²) in [4.78, 5) is 17.7. The number of likely N-dealkylation sites (tertiary alicyclic amines) is 1. The van der Waals surface area contributed by atoms with Crippen molar-refractivity contribution in [1.29, 1.82) is 0 Å². The van der Waals surface area contributed by atoms with Crippen LogP contribution in [0, 0.1) is 0 Å². The quantitative estimate of drug-likeness (QED) is 0.576. The highest BCUT2D eigenvalue weighted by molar-refractivity contribution is 7.89. The summed E-state index contributed by atoms with van der Waals surface area (Å²) >= 11 is 0. The van der Waals surface area contributed by atoms with Crippen LogP contribution in [0.2, 0.25) is 0 Å². The second-order valence-electron chi connectivity index (χ2n) is 8.76. The maximum absolute atomic E-state index is 12.7. The number of hydrogen-bond acceptors (Lipinski definition) is 5. The molecule has 1 amide bonds. The zero-order valence-corrected chi connectivity index (χ0v) is 20.9. The molecule has 1 heterocycles. The molecule has 8 heteroatoms. The lowest BCUT2D eigenvalue weighted by atomic mass is 10.1. The fraction of sp³-hybridized carbons (Fsp3) is 0.480. The summed E-state index contributed by atoms with van der Waals surface area (Å²) in [7, 11) is -0.553. The van der Waals surface area contributed by atoms with Crippen LogP contribution in [0.15, 0.2) is 59.5 Å². The van der Waals surface area contributed by atoms with Crippen LogP contribution in [-0.2, 0) is 21.4 Å². The highest BCUT2D eigenvalue weighted by atomic mass is 32.2. The summed E-state index contributed by atoms with van der Waals surface area (Å²) < 4.78 is 26.4. The van der Waals surface area contributed by atoms with Gasteiger partial charge in [0.05, 0.1) is 11.4 Å². The van der Waals surface area contributed by atoms with E-state index in [2.05, 4.69) is 53.2 Å². The van der Waals surface area contributed by atoms with Crippen LogP contribution < -0.4 is 5.32 Å². The Kier molecular flexibility index (Phi) is 8.64. The first-order chi connectivity index (χ1) is 15.7. The minimum absolute atomic E-state index is 0.0940. The summed E-state index contributed by atoms with van der Waals surface area (Å²) in [6, 6.07) is 18.0. The highest BCUT2D eigenvalue weighted by Gasteiger charge is 2.31. The smallest absolute Gasteiger partial charge is 0.242 e. The molecule has 0 saturated carbocycles. The molecule has 0 bridgehead atoms. The van der Waals surface area contributed by atoms with Crippen LogP contribution in [-0.4, -0.2) is 74.7 Å². The Morgan fingerprint density at radius 2 is 1.79 bits per heavy atom. The van der Waals surface area contributed by atoms with Crippen molar-refractivity contribution in [2.45, 2.75) is 43.8 Å². The molecule has 1 aliphatic heterocycles. The van der Waals surface area contributed by atoms with E-state index in [4.69, 9.17) is 0 Å². The normalized spacial score (nSPS) is 18.1. The Hall–Kier alpha value is -2.26. The summed E-state index contributed by atoms with van der Waals surface area (Å²) in [5.74, 6) is -0.0940. The van der Waals surface area contributed by atoms with Crippen molar-refractivity contribution in [3.8, 4) is 0 Å². The molecule has 2 aromatic carbocycles. The molecule has 180 valence electrons. The summed E-state index contributed by atoms with van der Waals surface area (Å²) in [5, 5.41) is 2.92. The lowest BCUT2D eigenvalue weighted by Crippen LogP contribution is -2.44. The zero-order valence-electron chi connectivity index (χ0n) is 20.1. The van der Waals surface area contributed by atoms with Gasteiger partial charge < -0.3 is 5.32 Å². The average Bonchev–Trinajstić information content (AvgIpc) is 3.31. The van der Waals surface area contributed by atoms with E-state index in [1.54, 1.807) is 24.3 Å². The molecule has 2 unspecified atom stereocenters. The minimum Gasteiger partial charge on any atom is -0.351 e. The fourth-order valence-corrected chi connectivity index (χ4v) is 5.51. The number of carbonyl (C=O) groups excluding carboxylic acids is 1. The molecule has 0 radical (unpaired) electrons. The maximum atomic E-state index is 12.7. The zero-order chi connectivity index (χ0) is 24.0. The van der Waals surface area contributed by atoms with Crippen molar-refractivity contribution < 1.29 is 13.2 Å². The SMILES string of the molecule is CCN(CC(=O)NCc1ccccc1S(=O)(=O)N(C)C)C1CCN(C(C)c2ccccc2)C1. The molecule has 2 aromatic rings. The predicted octanol–water partition coefficient (Wildman–Crippen LogP) is 2.71. The van der Waals surface area contributed by atoms with E-state index in [1.807, 2.05) is 6.07 Å². The second kappa shape index (κ2) is 11.2. The van der Waals surface area contributed by atoms with Gasteiger partial charge in [0.15, 0.2) is 0 Å². The van der Waals surface area contributed by atoms with Gasteiger partial charge in [0, 0.05) is 45.8 Å². The van der Waals surface area contributed by atoms with Crippen molar-refractivity contribution in [2.75, 3.05) is 40.3 Å². The van der Waals surface area contributed by atoms with Gasteiger partial charge in [-0.3, -0.25) is 14.6 Å². The minimum atomic E-state index is -3.57. The fourth-order valence-electron chi connectivity index (χ4n) is 4.39. The predicted molar refractivity (Wildman–Crippen MR) is 131 cm³/mol. The Balaban J connectivity index is 1.57. The monoisotopic (exact) mass is 472 g/mol. The first-order valence-corrected chi connectivity index (χ1v) is 13.0. The van der Waals surface area contributed by atoms with Crippen LogP contribution in [0.4, 0.5) is 0 Å². The number of carbonyl (C=O) groups is 1. The molecule has 3 rings (SSSR count). The third-order valence-electron chi connectivity index (χ3n) is 6.50. The van der Waals surface area contributed by atoms with E-state index in [1.165, 1.54) is 24.0 Å². The standard InChI is InChI=1S/C25H36N4O3S/c1-5-28(23-15-16-29(18-23)20(2)21-11-7-6-8-12-21)19-25(30)26-17-22-13-9-10-14-24(22)33(31,32)27(3)4/h6-14,20,23H,5,15-19H2,1-4H3,(H,26,30). The van der Waals surface area contributed by atoms with E-state index in [9.17, 15) is 13.2 Å². The Bertz CT molecular complexity index is 1030. The molecule has 1 saturated heterocycles. The summed E-state index contributed by atoms with van der Waals surface area (Å²) in [5.41, 5.74) is 1.90. The van der Waals surface area contributed by atoms with Gasteiger partial charge in [-0.2, -0.15) is 0 Å². The lowest BCUT2D eigenvalue weighted by Gasteiger charge is -2.29. The van der Waals surface area contributed by atoms with E-state index in [0.29, 0.717) is 24.2 Å². The maximum Gasteiger partial charge on any atom is 0.242 e. The summed E-state index contributed by atoms with van der Waals surface area (Å²) in [6.45, 7) is 7.53. The van der Waals surface area contributed by atoms with Crippen molar-refractivity contribution in [2.24, 2.45) is 0 Å². The van der Waals surface area contributed by atoms with Gasteiger partial charge in [0.25, 0.3) is 0 Å². The van der Waals surface area contributed by atoms with E-state index >= 15 is 0 Å². The molecule has 0 spiro atoms. The molecule has 1 aliphatic rings. The van der Waals surface area contributed by atoms with Gasteiger partial charge in [-0.05, 0) is 37.1 Å². The molecule has 2 atom stereocenters. The molecule has 33 heavy (non-hydrogen) atoms. The van der Waals surface area contributed by atoms with Crippen LogP contribution in [0.1, 0.15) is 37.4 Å². The molecule has 0 aromatic heterocycles. The van der Waals surface area contributed by atoms with E-state index < -0.39 is 10.0 Å². The number of sulfonamides is 1. The van der Waals surface area contributed by atoms with Crippen LogP contribution in [0.5, 0.6) is 0 Å². The van der Waals surface area contributed by atoms with Crippen molar-refractivity contribution in [3.63, 3.8) is 0 Å². The third-order valence-corrected chi connectivity index (χ3v) is 8.42. The average molecular weight is 473 g/mol. The number of nitrogens with zero attached hydrogens (tertiary/aromatic N) is 3. The number of rotatable bonds is 10. The Morgan fingerprint density at radius 3 is 2.45 bits per heavy atom. The first-order valence-electron chi connectivity index (χ1n) is 11.5. The van der Waals surface area contributed by atoms with Crippen LogP contribution in [0.25, 0.3) is 0 Å². The second-order valence-corrected chi connectivity index (χ2v) is 10.9. The number of likely N-dealkylation sites (N-methyl/N-ethyl adjacent to an activating group) is 1. The molecular weight excluding hydrogens is 436 g/mol. The number of amides is 1. The first kappa shape index (κ1) is 25.4. The van der Waals surface area contributed by atoms with Crippen LogP contribution in [0.3, 0.4) is 0 Å². The van der Waals surface area contributed by atoms with Crippen molar-refractivity contribution >= 4 is 15.9 Å². The molecule has 1 N–H and O–H groups in total. The number of benzene rings is 2. The van der Waals surface area contributed by atoms with Gasteiger partial charge in [-0.15, -0.1) is 0 Å². The molecular formula is C25H36N4O3S. The van der Waals surface area contributed by atoms with E-state index in [-0.39, 0.29) is 17.3 Å². The van der Waals surface area contributed by atoms with E-state index in [0.717, 1.165) is 26.1 Å². The topological polar surface area (TPSA) is 73.0 Å². The van der Waals surface area contributed by atoms with Gasteiger partial charge in [0.1, 0.15) is 0 Å². The van der Waals surface area contributed by atoms with Gasteiger partial charge in [-0.1, -0.05) is 55.5 Å². The van der Waals surface area contributed by atoms with Crippen LogP contribution >= 0.6 is 0 Å². The lowest BCUT2D eigenvalue weighted by molar-refractivity contribution is -0.122. The van der Waals surface area contributed by atoms with Gasteiger partial charge >= 0.3 is 0 Å². The van der Waals surface area contributed by atoms with Gasteiger partial charge in [-0.25, -0.2) is 12.7 Å². The molecule has 1 fully saturated rings. The number of hydrogen-bond donors (Lipinski definition) is 1.